The molecule has 37 heavy (non-hydrogen) atoms. The van der Waals surface area contributed by atoms with Crippen LogP contribution >= 0.6 is 0 Å². The number of hydrogen-bond donors (Lipinski definition) is 2. The Kier molecular flexibility index (Phi) is 9.07. The van der Waals surface area contributed by atoms with Crippen molar-refractivity contribution < 1.29 is 23.9 Å². The summed E-state index contributed by atoms with van der Waals surface area (Å²) in [6, 6.07) is 6.27. The lowest BCUT2D eigenvalue weighted by atomic mass is 9.94. The van der Waals surface area contributed by atoms with Crippen LogP contribution in [-0.4, -0.2) is 90.8 Å². The maximum atomic E-state index is 13.3. The molecule has 4 amide bonds. The number of hydrogen-bond acceptors (Lipinski definition) is 6. The number of benzene rings is 1. The number of urea groups is 2. The van der Waals surface area contributed by atoms with Gasteiger partial charge in [-0.15, -0.1) is 0 Å². The zero-order chi connectivity index (χ0) is 27.3. The molecule has 0 aliphatic carbocycles. The topological polar surface area (TPSA) is 103 Å². The van der Waals surface area contributed by atoms with Crippen molar-refractivity contribution in [2.45, 2.75) is 59.2 Å². The van der Waals surface area contributed by atoms with Gasteiger partial charge in [-0.3, -0.25) is 9.80 Å². The number of rotatable bonds is 7. The third-order valence-electron chi connectivity index (χ3n) is 6.53. The predicted molar refractivity (Wildman–Crippen MR) is 141 cm³/mol. The highest BCUT2D eigenvalue weighted by Crippen LogP contribution is 2.33. The van der Waals surface area contributed by atoms with Gasteiger partial charge < -0.3 is 25.0 Å². The quantitative estimate of drug-likeness (QED) is 0.541. The van der Waals surface area contributed by atoms with Crippen molar-refractivity contribution in [2.24, 2.45) is 0 Å². The number of piperazine rings is 1. The average molecular weight is 516 g/mol. The zero-order valence-electron chi connectivity index (χ0n) is 23.1. The third-order valence-corrected chi connectivity index (χ3v) is 6.53. The molecule has 1 saturated heterocycles. The fraction of sp³-hybridized carbons (Fsp3) is 0.593. The first kappa shape index (κ1) is 28.3. The van der Waals surface area contributed by atoms with Gasteiger partial charge in [-0.2, -0.15) is 0 Å². The lowest BCUT2D eigenvalue weighted by Crippen LogP contribution is -2.59. The molecule has 0 radical (unpaired) electrons. The van der Waals surface area contributed by atoms with E-state index < -0.39 is 12.0 Å². The first-order chi connectivity index (χ1) is 17.5. The fourth-order valence-corrected chi connectivity index (χ4v) is 4.79. The zero-order valence-corrected chi connectivity index (χ0v) is 23.1. The van der Waals surface area contributed by atoms with Crippen molar-refractivity contribution in [3.05, 3.63) is 41.1 Å². The van der Waals surface area contributed by atoms with Crippen LogP contribution in [-0.2, 0) is 9.53 Å². The summed E-state index contributed by atoms with van der Waals surface area (Å²) in [5.41, 5.74) is 1.50. The van der Waals surface area contributed by atoms with E-state index in [1.165, 1.54) is 0 Å². The standard InChI is InChI=1S/C27H41N5O5/c1-8-31-21(17-30-14-15-32(18(3)16-30)26(35)29-27(4,5)6)22(24(33)37-9-2)23(28-25(31)34)19-10-12-20(36-7)13-11-19/h10-13,18,23H,8-9,14-17H2,1-7H3,(H,28,34)(H,29,35)/t18-,23-/m0/s1. The van der Waals surface area contributed by atoms with E-state index in [0.717, 1.165) is 5.56 Å². The third kappa shape index (κ3) is 6.74. The van der Waals surface area contributed by atoms with Crippen LogP contribution in [0.3, 0.4) is 0 Å². The van der Waals surface area contributed by atoms with E-state index in [9.17, 15) is 14.4 Å². The van der Waals surface area contributed by atoms with Gasteiger partial charge in [0.1, 0.15) is 5.75 Å². The summed E-state index contributed by atoms with van der Waals surface area (Å²) in [7, 11) is 1.59. The summed E-state index contributed by atoms with van der Waals surface area (Å²) in [5.74, 6) is 0.235. The molecule has 2 aliphatic rings. The van der Waals surface area contributed by atoms with E-state index >= 15 is 0 Å². The summed E-state index contributed by atoms with van der Waals surface area (Å²) in [4.78, 5) is 44.9. The lowest BCUT2D eigenvalue weighted by Gasteiger charge is -2.43. The van der Waals surface area contributed by atoms with Gasteiger partial charge >= 0.3 is 18.0 Å². The number of carbonyl (C=O) groups excluding carboxylic acids is 3. The molecule has 0 spiro atoms. The first-order valence-corrected chi connectivity index (χ1v) is 12.9. The molecular formula is C27H41N5O5. The number of likely N-dealkylation sites (N-methyl/N-ethyl adjacent to an activating group) is 1. The highest BCUT2D eigenvalue weighted by molar-refractivity contribution is 5.95. The van der Waals surface area contributed by atoms with Crippen molar-refractivity contribution >= 4 is 18.0 Å². The maximum absolute atomic E-state index is 13.3. The van der Waals surface area contributed by atoms with Crippen LogP contribution in [0.2, 0.25) is 0 Å². The molecule has 204 valence electrons. The van der Waals surface area contributed by atoms with Gasteiger partial charge in [0.25, 0.3) is 0 Å². The molecule has 1 aromatic rings. The van der Waals surface area contributed by atoms with Crippen LogP contribution in [0.5, 0.6) is 5.75 Å². The van der Waals surface area contributed by atoms with E-state index in [0.29, 0.717) is 49.7 Å². The Balaban J connectivity index is 1.92. The number of carbonyl (C=O) groups is 3. The van der Waals surface area contributed by atoms with Gasteiger partial charge in [0.2, 0.25) is 0 Å². The molecule has 10 heteroatoms. The second-order valence-electron chi connectivity index (χ2n) is 10.4. The Bertz CT molecular complexity index is 1020. The first-order valence-electron chi connectivity index (χ1n) is 12.9. The molecule has 2 aliphatic heterocycles. The summed E-state index contributed by atoms with van der Waals surface area (Å²) >= 11 is 0. The molecule has 10 nitrogen and oxygen atoms in total. The average Bonchev–Trinajstić information content (AvgIpc) is 2.83. The number of methoxy groups -OCH3 is 1. The van der Waals surface area contributed by atoms with Crippen molar-refractivity contribution in [3.8, 4) is 5.75 Å². The van der Waals surface area contributed by atoms with Gasteiger partial charge in [-0.1, -0.05) is 12.1 Å². The molecule has 0 aromatic heterocycles. The van der Waals surface area contributed by atoms with E-state index in [4.69, 9.17) is 9.47 Å². The fourth-order valence-electron chi connectivity index (χ4n) is 4.79. The number of esters is 1. The van der Waals surface area contributed by atoms with Crippen molar-refractivity contribution in [2.75, 3.05) is 46.4 Å². The molecule has 3 rings (SSSR count). The highest BCUT2D eigenvalue weighted by atomic mass is 16.5. The summed E-state index contributed by atoms with van der Waals surface area (Å²) in [5, 5.41) is 6.02. The second kappa shape index (κ2) is 11.9. The Hall–Kier alpha value is -3.27. The molecule has 0 saturated carbocycles. The highest BCUT2D eigenvalue weighted by Gasteiger charge is 2.39. The molecule has 2 heterocycles. The lowest BCUT2D eigenvalue weighted by molar-refractivity contribution is -0.139. The summed E-state index contributed by atoms with van der Waals surface area (Å²) in [6.07, 6.45) is 0. The van der Waals surface area contributed by atoms with Gasteiger partial charge in [0, 0.05) is 50.0 Å². The van der Waals surface area contributed by atoms with E-state index in [1.54, 1.807) is 31.1 Å². The van der Waals surface area contributed by atoms with Gasteiger partial charge in [0.15, 0.2) is 0 Å². The molecule has 1 aromatic carbocycles. The number of ether oxygens (including phenoxy) is 2. The van der Waals surface area contributed by atoms with Crippen LogP contribution in [0.4, 0.5) is 9.59 Å². The molecule has 0 bridgehead atoms. The maximum Gasteiger partial charge on any atom is 0.338 e. The van der Waals surface area contributed by atoms with E-state index in [1.807, 2.05) is 51.7 Å². The smallest absolute Gasteiger partial charge is 0.338 e. The molecule has 0 unspecified atom stereocenters. The second-order valence-corrected chi connectivity index (χ2v) is 10.4. The minimum Gasteiger partial charge on any atom is -0.497 e. The van der Waals surface area contributed by atoms with Crippen LogP contribution < -0.4 is 15.4 Å². The van der Waals surface area contributed by atoms with Crippen molar-refractivity contribution in [3.63, 3.8) is 0 Å². The summed E-state index contributed by atoms with van der Waals surface area (Å²) < 4.78 is 10.7. The Labute approximate surface area is 219 Å². The van der Waals surface area contributed by atoms with Crippen molar-refractivity contribution in [1.82, 2.24) is 25.3 Å². The SMILES string of the molecule is CCOC(=O)C1=C(CN2CCN(C(=O)NC(C)(C)C)[C@@H](C)C2)N(CC)C(=O)N[C@H]1c1ccc(OC)cc1. The minimum atomic E-state index is -0.647. The Morgan fingerprint density at radius 2 is 1.81 bits per heavy atom. The van der Waals surface area contributed by atoms with Crippen LogP contribution in [0.15, 0.2) is 35.5 Å². The number of amides is 4. The van der Waals surface area contributed by atoms with E-state index in [-0.39, 0.29) is 30.2 Å². The van der Waals surface area contributed by atoms with Gasteiger partial charge in [-0.25, -0.2) is 14.4 Å². The minimum absolute atomic E-state index is 0.0346. The molecule has 2 N–H and O–H groups in total. The molecule has 1 fully saturated rings. The van der Waals surface area contributed by atoms with Crippen molar-refractivity contribution in [1.29, 1.82) is 0 Å². The van der Waals surface area contributed by atoms with Crippen LogP contribution in [0.25, 0.3) is 0 Å². The predicted octanol–water partition coefficient (Wildman–Crippen LogP) is 3.11. The number of nitrogens with one attached hydrogen (secondary N) is 2. The summed E-state index contributed by atoms with van der Waals surface area (Å²) in [6.45, 7) is 14.3. The van der Waals surface area contributed by atoms with Gasteiger partial charge in [0.05, 0.1) is 25.3 Å². The van der Waals surface area contributed by atoms with E-state index in [2.05, 4.69) is 15.5 Å². The number of nitrogens with zero attached hydrogens (tertiary/aromatic N) is 3. The molecular weight excluding hydrogens is 474 g/mol. The normalized spacial score (nSPS) is 21.0. The van der Waals surface area contributed by atoms with Crippen LogP contribution in [0, 0.1) is 0 Å². The monoisotopic (exact) mass is 515 g/mol. The van der Waals surface area contributed by atoms with Crippen LogP contribution in [0.1, 0.15) is 53.1 Å². The molecule has 2 atom stereocenters. The van der Waals surface area contributed by atoms with Gasteiger partial charge in [-0.05, 0) is 59.2 Å². The Morgan fingerprint density at radius 3 is 2.35 bits per heavy atom. The Morgan fingerprint density at radius 1 is 1.14 bits per heavy atom. The largest absolute Gasteiger partial charge is 0.497 e.